The van der Waals surface area contributed by atoms with Crippen molar-refractivity contribution in [1.29, 1.82) is 0 Å². The monoisotopic (exact) mass is 270 g/mol. The number of anilines is 3. The molecule has 0 fully saturated rings. The normalized spacial score (nSPS) is 11.1. The third kappa shape index (κ3) is 4.02. The maximum Gasteiger partial charge on any atom is 0.573 e. The molecule has 8 heteroatoms. The van der Waals surface area contributed by atoms with Crippen LogP contribution < -0.4 is 15.8 Å². The maximum atomic E-state index is 12.1. The summed E-state index contributed by atoms with van der Waals surface area (Å²) < 4.78 is 40.0. The van der Waals surface area contributed by atoms with E-state index in [2.05, 4.69) is 20.0 Å². The lowest BCUT2D eigenvalue weighted by molar-refractivity contribution is -0.274. The molecule has 5 nitrogen and oxygen atoms in total. The summed E-state index contributed by atoms with van der Waals surface area (Å²) in [6.07, 6.45) is -1.97. The molecule has 0 saturated heterocycles. The summed E-state index contributed by atoms with van der Waals surface area (Å²) in [5, 5.41) is 2.73. The van der Waals surface area contributed by atoms with Gasteiger partial charge >= 0.3 is 6.36 Å². The Bertz CT molecular complexity index is 557. The summed E-state index contributed by atoms with van der Waals surface area (Å²) in [5.41, 5.74) is 6.17. The van der Waals surface area contributed by atoms with Crippen molar-refractivity contribution in [2.75, 3.05) is 11.1 Å². The third-order valence-corrected chi connectivity index (χ3v) is 2.00. The van der Waals surface area contributed by atoms with Gasteiger partial charge in [0.1, 0.15) is 5.75 Å². The van der Waals surface area contributed by atoms with Gasteiger partial charge in [-0.15, -0.1) is 13.2 Å². The Kier molecular flexibility index (Phi) is 3.41. The van der Waals surface area contributed by atoms with Crippen molar-refractivity contribution in [1.82, 2.24) is 9.97 Å². The van der Waals surface area contributed by atoms with Gasteiger partial charge in [-0.05, 0) is 12.1 Å². The number of hydrogen-bond acceptors (Lipinski definition) is 5. The number of ether oxygens (including phenoxy) is 1. The zero-order chi connectivity index (χ0) is 13.9. The van der Waals surface area contributed by atoms with Crippen molar-refractivity contribution in [3.05, 3.63) is 36.7 Å². The Hall–Kier alpha value is -2.51. The van der Waals surface area contributed by atoms with Gasteiger partial charge in [-0.1, -0.05) is 6.07 Å². The summed E-state index contributed by atoms with van der Waals surface area (Å²) >= 11 is 0. The third-order valence-electron chi connectivity index (χ3n) is 2.00. The van der Waals surface area contributed by atoms with Crippen molar-refractivity contribution < 1.29 is 17.9 Å². The Balaban J connectivity index is 2.13. The first-order valence-corrected chi connectivity index (χ1v) is 5.13. The quantitative estimate of drug-likeness (QED) is 0.897. The second-order valence-electron chi connectivity index (χ2n) is 3.54. The highest BCUT2D eigenvalue weighted by Gasteiger charge is 2.31. The molecule has 2 rings (SSSR count). The van der Waals surface area contributed by atoms with Crippen LogP contribution in [-0.2, 0) is 0 Å². The molecule has 0 amide bonds. The number of alkyl halides is 3. The zero-order valence-electron chi connectivity index (χ0n) is 9.48. The summed E-state index contributed by atoms with van der Waals surface area (Å²) in [6.45, 7) is 0. The van der Waals surface area contributed by atoms with E-state index in [1.54, 1.807) is 6.07 Å². The fourth-order valence-corrected chi connectivity index (χ4v) is 1.30. The molecular formula is C11H9F3N4O. The van der Waals surface area contributed by atoms with Gasteiger partial charge in [0.25, 0.3) is 0 Å². The van der Waals surface area contributed by atoms with E-state index in [1.165, 1.54) is 30.6 Å². The van der Waals surface area contributed by atoms with Crippen LogP contribution in [0.4, 0.5) is 30.5 Å². The van der Waals surface area contributed by atoms with Crippen LogP contribution in [0.25, 0.3) is 0 Å². The highest BCUT2D eigenvalue weighted by Crippen LogP contribution is 2.25. The fraction of sp³-hybridized carbons (Fsp3) is 0.0909. The van der Waals surface area contributed by atoms with Crippen LogP contribution in [0.5, 0.6) is 5.75 Å². The fourth-order valence-electron chi connectivity index (χ4n) is 1.30. The van der Waals surface area contributed by atoms with Gasteiger partial charge in [0, 0.05) is 11.8 Å². The van der Waals surface area contributed by atoms with Gasteiger partial charge in [-0.3, -0.25) is 0 Å². The smallest absolute Gasteiger partial charge is 0.406 e. The number of nitrogens with two attached hydrogens (primary N) is 1. The Morgan fingerprint density at radius 3 is 2.47 bits per heavy atom. The number of hydrogen-bond donors (Lipinski definition) is 2. The first-order valence-electron chi connectivity index (χ1n) is 5.13. The van der Waals surface area contributed by atoms with Crippen molar-refractivity contribution in [3.63, 3.8) is 0 Å². The minimum Gasteiger partial charge on any atom is -0.406 e. The first-order chi connectivity index (χ1) is 8.92. The van der Waals surface area contributed by atoms with Crippen molar-refractivity contribution in [3.8, 4) is 5.75 Å². The number of nitrogen functional groups attached to an aromatic ring is 1. The molecule has 1 aromatic heterocycles. The molecule has 0 spiro atoms. The van der Waals surface area contributed by atoms with Gasteiger partial charge in [0.05, 0.1) is 18.1 Å². The number of nitrogens with one attached hydrogen (secondary N) is 1. The Morgan fingerprint density at radius 2 is 1.84 bits per heavy atom. The molecule has 0 aliphatic rings. The molecule has 19 heavy (non-hydrogen) atoms. The van der Waals surface area contributed by atoms with E-state index in [9.17, 15) is 13.2 Å². The minimum atomic E-state index is -4.73. The van der Waals surface area contributed by atoms with Crippen molar-refractivity contribution in [2.45, 2.75) is 6.36 Å². The molecular weight excluding hydrogens is 261 g/mol. The van der Waals surface area contributed by atoms with Crippen LogP contribution >= 0.6 is 0 Å². The molecule has 0 aliphatic heterocycles. The van der Waals surface area contributed by atoms with E-state index in [4.69, 9.17) is 5.73 Å². The minimum absolute atomic E-state index is 0.221. The van der Waals surface area contributed by atoms with Crippen LogP contribution in [0.1, 0.15) is 0 Å². The summed E-state index contributed by atoms with van der Waals surface area (Å²) in [6, 6.07) is 5.36. The number of benzene rings is 1. The van der Waals surface area contributed by atoms with Crippen molar-refractivity contribution in [2.24, 2.45) is 0 Å². The maximum absolute atomic E-state index is 12.1. The summed E-state index contributed by atoms with van der Waals surface area (Å²) in [5.74, 6) is -0.105. The number of halogens is 3. The van der Waals surface area contributed by atoms with E-state index in [-0.39, 0.29) is 11.7 Å². The Labute approximate surface area is 106 Å². The molecule has 2 aromatic rings. The number of rotatable bonds is 3. The van der Waals surface area contributed by atoms with E-state index in [0.717, 1.165) is 0 Å². The molecule has 1 aromatic carbocycles. The SMILES string of the molecule is Nc1cnc(Nc2cccc(OC(F)(F)F)c2)nc1. The average molecular weight is 270 g/mol. The van der Waals surface area contributed by atoms with Crippen molar-refractivity contribution >= 4 is 17.3 Å². The molecule has 0 saturated carbocycles. The second kappa shape index (κ2) is 5.01. The van der Waals surface area contributed by atoms with Crippen LogP contribution in [0.3, 0.4) is 0 Å². The van der Waals surface area contributed by atoms with Crippen LogP contribution in [0, 0.1) is 0 Å². The lowest BCUT2D eigenvalue weighted by Gasteiger charge is -2.10. The predicted molar refractivity (Wildman–Crippen MR) is 62.9 cm³/mol. The van der Waals surface area contributed by atoms with E-state index in [1.807, 2.05) is 0 Å². The van der Waals surface area contributed by atoms with Gasteiger partial charge in [-0.25, -0.2) is 9.97 Å². The molecule has 0 bridgehead atoms. The van der Waals surface area contributed by atoms with E-state index < -0.39 is 6.36 Å². The van der Waals surface area contributed by atoms with Gasteiger partial charge in [-0.2, -0.15) is 0 Å². The topological polar surface area (TPSA) is 73.1 Å². The summed E-state index contributed by atoms with van der Waals surface area (Å²) in [7, 11) is 0. The van der Waals surface area contributed by atoms with Crippen LogP contribution in [0.2, 0.25) is 0 Å². The molecule has 0 atom stereocenters. The highest BCUT2D eigenvalue weighted by atomic mass is 19.4. The molecule has 0 aliphatic carbocycles. The lowest BCUT2D eigenvalue weighted by Crippen LogP contribution is -2.17. The van der Waals surface area contributed by atoms with Gasteiger partial charge < -0.3 is 15.8 Å². The largest absolute Gasteiger partial charge is 0.573 e. The molecule has 1 heterocycles. The highest BCUT2D eigenvalue weighted by molar-refractivity contribution is 5.56. The Morgan fingerprint density at radius 1 is 1.16 bits per heavy atom. The van der Waals surface area contributed by atoms with E-state index >= 15 is 0 Å². The van der Waals surface area contributed by atoms with Gasteiger partial charge in [0.15, 0.2) is 0 Å². The molecule has 100 valence electrons. The lowest BCUT2D eigenvalue weighted by atomic mass is 10.3. The van der Waals surface area contributed by atoms with Crippen LogP contribution in [0.15, 0.2) is 36.7 Å². The molecule has 0 unspecified atom stereocenters. The standard InChI is InChI=1S/C11H9F3N4O/c12-11(13,14)19-9-3-1-2-8(4-9)18-10-16-5-7(15)6-17-10/h1-6H,15H2,(H,16,17,18). The molecule has 3 N–H and O–H groups in total. The average Bonchev–Trinajstić information content (AvgIpc) is 2.30. The first kappa shape index (κ1) is 12.9. The number of aromatic nitrogens is 2. The van der Waals surface area contributed by atoms with Gasteiger partial charge in [0.2, 0.25) is 5.95 Å². The summed E-state index contributed by atoms with van der Waals surface area (Å²) in [4.78, 5) is 7.74. The predicted octanol–water partition coefficient (Wildman–Crippen LogP) is 2.70. The number of nitrogens with zero attached hydrogens (tertiary/aromatic N) is 2. The molecule has 0 radical (unpaired) electrons. The second-order valence-corrected chi connectivity index (χ2v) is 3.54. The zero-order valence-corrected chi connectivity index (χ0v) is 9.48. The van der Waals surface area contributed by atoms with Crippen LogP contribution in [-0.4, -0.2) is 16.3 Å². The van der Waals surface area contributed by atoms with E-state index in [0.29, 0.717) is 11.4 Å².